The smallest absolute Gasteiger partial charge is 0.0604 e. The highest BCUT2D eigenvalue weighted by molar-refractivity contribution is 5.56. The van der Waals surface area contributed by atoms with Crippen LogP contribution in [0, 0.1) is 0 Å². The fourth-order valence-corrected chi connectivity index (χ4v) is 2.65. The van der Waals surface area contributed by atoms with E-state index in [1.54, 1.807) is 0 Å². The Bertz CT molecular complexity index is 591. The number of benzene rings is 2. The molecule has 0 unspecified atom stereocenters. The highest BCUT2D eigenvalue weighted by Gasteiger charge is 2.19. The molecule has 0 fully saturated rings. The number of anilines is 1. The van der Waals surface area contributed by atoms with E-state index in [2.05, 4.69) is 41.7 Å². The summed E-state index contributed by atoms with van der Waals surface area (Å²) in [6.45, 7) is 0. The molecule has 20 heavy (non-hydrogen) atoms. The van der Waals surface area contributed by atoms with E-state index in [-0.39, 0.29) is 12.1 Å². The third-order valence-electron chi connectivity index (χ3n) is 3.66. The Morgan fingerprint density at radius 1 is 1.00 bits per heavy atom. The van der Waals surface area contributed by atoms with Gasteiger partial charge in [0.1, 0.15) is 0 Å². The Morgan fingerprint density at radius 3 is 2.60 bits per heavy atom. The molecule has 0 aromatic heterocycles. The van der Waals surface area contributed by atoms with E-state index in [0.29, 0.717) is 0 Å². The summed E-state index contributed by atoms with van der Waals surface area (Å²) in [4.78, 5) is 0. The van der Waals surface area contributed by atoms with Crippen molar-refractivity contribution in [3.8, 4) is 0 Å². The first-order valence-electron chi connectivity index (χ1n) is 7.07. The zero-order valence-electron chi connectivity index (χ0n) is 11.4. The van der Waals surface area contributed by atoms with Crippen molar-refractivity contribution in [2.75, 3.05) is 5.32 Å². The minimum atomic E-state index is -0.295. The first-order valence-corrected chi connectivity index (χ1v) is 7.07. The van der Waals surface area contributed by atoms with Crippen molar-refractivity contribution in [3.63, 3.8) is 0 Å². The molecule has 1 heterocycles. The topological polar surface area (TPSA) is 32.3 Å². The van der Waals surface area contributed by atoms with Gasteiger partial charge in [-0.3, -0.25) is 0 Å². The second-order valence-corrected chi connectivity index (χ2v) is 5.27. The van der Waals surface area contributed by atoms with Gasteiger partial charge in [0.2, 0.25) is 0 Å². The zero-order valence-corrected chi connectivity index (χ0v) is 11.4. The average molecular weight is 265 g/mol. The second kappa shape index (κ2) is 5.93. The monoisotopic (exact) mass is 265 g/mol. The van der Waals surface area contributed by atoms with Gasteiger partial charge in [0, 0.05) is 18.2 Å². The Labute approximate surface area is 119 Å². The number of aliphatic hydroxyl groups excluding tert-OH is 1. The minimum Gasteiger partial charge on any atom is -0.393 e. The highest BCUT2D eigenvalue weighted by atomic mass is 16.3. The molecule has 2 nitrogen and oxygen atoms in total. The van der Waals surface area contributed by atoms with E-state index in [9.17, 15) is 5.11 Å². The largest absolute Gasteiger partial charge is 0.393 e. The summed E-state index contributed by atoms with van der Waals surface area (Å²) in [7, 11) is 0. The molecule has 0 amide bonds. The van der Waals surface area contributed by atoms with Gasteiger partial charge in [-0.2, -0.15) is 0 Å². The molecule has 1 aliphatic rings. The van der Waals surface area contributed by atoms with Gasteiger partial charge in [-0.1, -0.05) is 60.7 Å². The van der Waals surface area contributed by atoms with Gasteiger partial charge >= 0.3 is 0 Å². The first kappa shape index (κ1) is 12.9. The van der Waals surface area contributed by atoms with Gasteiger partial charge in [-0.25, -0.2) is 0 Å². The molecule has 0 spiro atoms. The van der Waals surface area contributed by atoms with E-state index in [0.717, 1.165) is 18.5 Å². The third-order valence-corrected chi connectivity index (χ3v) is 3.66. The highest BCUT2D eigenvalue weighted by Crippen LogP contribution is 2.24. The van der Waals surface area contributed by atoms with Crippen LogP contribution >= 0.6 is 0 Å². The Kier molecular flexibility index (Phi) is 3.84. The fraction of sp³-hybridized carbons (Fsp3) is 0.222. The summed E-state index contributed by atoms with van der Waals surface area (Å²) in [5, 5.41) is 13.6. The van der Waals surface area contributed by atoms with Crippen LogP contribution in [-0.2, 0) is 6.42 Å². The molecule has 2 heteroatoms. The van der Waals surface area contributed by atoms with Crippen molar-refractivity contribution in [1.29, 1.82) is 0 Å². The molecular weight excluding hydrogens is 246 g/mol. The van der Waals surface area contributed by atoms with Crippen molar-refractivity contribution < 1.29 is 5.11 Å². The predicted octanol–water partition coefficient (Wildman–Crippen LogP) is 3.49. The molecule has 2 aromatic carbocycles. The molecular formula is C18H19NO. The maximum atomic E-state index is 10.1. The van der Waals surface area contributed by atoms with Crippen molar-refractivity contribution in [2.24, 2.45) is 0 Å². The molecule has 1 aliphatic heterocycles. The van der Waals surface area contributed by atoms with Crippen molar-refractivity contribution >= 4 is 11.8 Å². The van der Waals surface area contributed by atoms with Gasteiger partial charge in [0.05, 0.1) is 6.10 Å². The quantitative estimate of drug-likeness (QED) is 0.871. The number of fused-ring (bicyclic) bond motifs is 1. The predicted molar refractivity (Wildman–Crippen MR) is 83.7 cm³/mol. The Balaban J connectivity index is 1.79. The summed E-state index contributed by atoms with van der Waals surface area (Å²) in [5.74, 6) is 0. The van der Waals surface area contributed by atoms with Crippen LogP contribution in [0.25, 0.3) is 6.08 Å². The summed E-state index contributed by atoms with van der Waals surface area (Å²) in [5.41, 5.74) is 3.50. The SMILES string of the molecule is O[C@H]1Cc2ccccc2N[C@@H](/C=C/c2ccccc2)C1. The number of nitrogens with one attached hydrogen (secondary N) is 1. The standard InChI is InChI=1S/C18H19NO/c20-17-12-15-8-4-5-9-18(15)19-16(13-17)11-10-14-6-2-1-3-7-14/h1-11,16-17,19-20H,12-13H2/b11-10+/t16-,17-/m0/s1. The summed E-state index contributed by atoms with van der Waals surface area (Å²) < 4.78 is 0. The van der Waals surface area contributed by atoms with E-state index in [1.807, 2.05) is 30.3 Å². The molecule has 2 N–H and O–H groups in total. The van der Waals surface area contributed by atoms with Gasteiger partial charge < -0.3 is 10.4 Å². The van der Waals surface area contributed by atoms with Crippen LogP contribution in [0.3, 0.4) is 0 Å². The van der Waals surface area contributed by atoms with E-state index < -0.39 is 0 Å². The third kappa shape index (κ3) is 3.09. The van der Waals surface area contributed by atoms with Crippen molar-refractivity contribution in [2.45, 2.75) is 25.0 Å². The van der Waals surface area contributed by atoms with E-state index >= 15 is 0 Å². The lowest BCUT2D eigenvalue weighted by Crippen LogP contribution is -2.21. The maximum absolute atomic E-state index is 10.1. The first-order chi connectivity index (χ1) is 9.81. The van der Waals surface area contributed by atoms with Crippen LogP contribution in [0.4, 0.5) is 5.69 Å². The van der Waals surface area contributed by atoms with E-state index in [1.165, 1.54) is 11.1 Å². The van der Waals surface area contributed by atoms with Crippen LogP contribution in [0.1, 0.15) is 17.5 Å². The summed E-state index contributed by atoms with van der Waals surface area (Å²) in [6, 6.07) is 18.6. The number of hydrogen-bond acceptors (Lipinski definition) is 2. The number of hydrogen-bond donors (Lipinski definition) is 2. The molecule has 0 radical (unpaired) electrons. The van der Waals surface area contributed by atoms with Gasteiger partial charge in [0.25, 0.3) is 0 Å². The lowest BCUT2D eigenvalue weighted by Gasteiger charge is -2.15. The van der Waals surface area contributed by atoms with Crippen molar-refractivity contribution in [3.05, 3.63) is 71.8 Å². The molecule has 0 saturated carbocycles. The molecule has 0 aliphatic carbocycles. The minimum absolute atomic E-state index is 0.161. The number of aliphatic hydroxyl groups is 1. The number of rotatable bonds is 2. The molecule has 0 bridgehead atoms. The zero-order chi connectivity index (χ0) is 13.8. The molecule has 2 atom stereocenters. The Hall–Kier alpha value is -2.06. The van der Waals surface area contributed by atoms with Crippen LogP contribution in [0.15, 0.2) is 60.7 Å². The van der Waals surface area contributed by atoms with Gasteiger partial charge in [-0.15, -0.1) is 0 Å². The van der Waals surface area contributed by atoms with Crippen LogP contribution in [-0.4, -0.2) is 17.3 Å². The maximum Gasteiger partial charge on any atom is 0.0604 e. The van der Waals surface area contributed by atoms with Crippen molar-refractivity contribution in [1.82, 2.24) is 0 Å². The van der Waals surface area contributed by atoms with Gasteiger partial charge in [0.15, 0.2) is 0 Å². The summed E-state index contributed by atoms with van der Waals surface area (Å²) >= 11 is 0. The Morgan fingerprint density at radius 2 is 1.75 bits per heavy atom. The van der Waals surface area contributed by atoms with Crippen LogP contribution < -0.4 is 5.32 Å². The number of para-hydroxylation sites is 1. The molecule has 102 valence electrons. The lowest BCUT2D eigenvalue weighted by atomic mass is 10.0. The summed E-state index contributed by atoms with van der Waals surface area (Å²) in [6.07, 6.45) is 5.41. The van der Waals surface area contributed by atoms with Crippen LogP contribution in [0.5, 0.6) is 0 Å². The van der Waals surface area contributed by atoms with Crippen LogP contribution in [0.2, 0.25) is 0 Å². The molecule has 0 saturated heterocycles. The van der Waals surface area contributed by atoms with Gasteiger partial charge in [-0.05, 0) is 23.6 Å². The second-order valence-electron chi connectivity index (χ2n) is 5.27. The van der Waals surface area contributed by atoms with E-state index in [4.69, 9.17) is 0 Å². The lowest BCUT2D eigenvalue weighted by molar-refractivity contribution is 0.165. The average Bonchev–Trinajstić information content (AvgIpc) is 2.63. The normalized spacial score (nSPS) is 22.1. The molecule has 3 rings (SSSR count). The molecule has 2 aromatic rings. The fourth-order valence-electron chi connectivity index (χ4n) is 2.65.